The Morgan fingerprint density at radius 3 is 2.62 bits per heavy atom. The molecule has 0 fully saturated rings. The van der Waals surface area contributed by atoms with E-state index in [4.69, 9.17) is 10.7 Å². The lowest BCUT2D eigenvalue weighted by Gasteiger charge is -2.08. The summed E-state index contributed by atoms with van der Waals surface area (Å²) in [4.78, 5) is 3.95. The molecule has 0 saturated carbocycles. The van der Waals surface area contributed by atoms with Gasteiger partial charge in [-0.25, -0.2) is 13.4 Å². The maximum absolute atomic E-state index is 12.1. The second-order valence-electron chi connectivity index (χ2n) is 3.77. The summed E-state index contributed by atoms with van der Waals surface area (Å²) < 4.78 is 35.9. The number of alkyl halides is 1. The van der Waals surface area contributed by atoms with Crippen molar-refractivity contribution in [2.24, 2.45) is 0 Å². The largest absolute Gasteiger partial charge is 0.333 e. The van der Waals surface area contributed by atoms with Gasteiger partial charge >= 0.3 is 0 Å². The van der Waals surface area contributed by atoms with E-state index in [-0.39, 0.29) is 10.9 Å². The number of hydrogen-bond acceptors (Lipinski definition) is 3. The number of aromatic nitrogens is 2. The molecule has 16 heavy (non-hydrogen) atoms. The molecule has 0 spiro atoms. The van der Waals surface area contributed by atoms with Gasteiger partial charge in [0.05, 0.1) is 6.67 Å². The highest BCUT2D eigenvalue weighted by Gasteiger charge is 2.19. The lowest BCUT2D eigenvalue weighted by Crippen LogP contribution is -2.05. The number of halogens is 2. The number of nitrogens with zero attached hydrogens (tertiary/aromatic N) is 2. The molecule has 0 radical (unpaired) electrons. The van der Waals surface area contributed by atoms with Gasteiger partial charge in [0.25, 0.3) is 9.05 Å². The molecule has 0 saturated heterocycles. The van der Waals surface area contributed by atoms with Gasteiger partial charge in [0, 0.05) is 29.3 Å². The molecule has 0 bridgehead atoms. The molecule has 0 atom stereocenters. The summed E-state index contributed by atoms with van der Waals surface area (Å²) in [7, 11) is 1.39. The third-order valence-electron chi connectivity index (χ3n) is 2.08. The Balaban J connectivity index is 3.10. The molecule has 7 heteroatoms. The number of rotatable bonds is 5. The third kappa shape index (κ3) is 3.18. The molecule has 1 aromatic rings. The zero-order valence-corrected chi connectivity index (χ0v) is 10.7. The molecular formula is C9H14ClFN2O2S. The summed E-state index contributed by atoms with van der Waals surface area (Å²) in [6, 6.07) is 0. The molecule has 92 valence electrons. The van der Waals surface area contributed by atoms with E-state index in [0.717, 1.165) is 0 Å². The first-order chi connectivity index (χ1) is 7.36. The SMILES string of the molecule is CC(C)c1nc(S(=O)(=O)Cl)cn1CCCF. The zero-order chi connectivity index (χ0) is 12.3. The smallest absolute Gasteiger partial charge is 0.280 e. The fraction of sp³-hybridized carbons (Fsp3) is 0.667. The van der Waals surface area contributed by atoms with Gasteiger partial charge in [-0.3, -0.25) is 4.39 Å². The molecule has 0 N–H and O–H groups in total. The summed E-state index contributed by atoms with van der Waals surface area (Å²) in [5, 5.41) is -0.170. The fourth-order valence-electron chi connectivity index (χ4n) is 1.39. The Morgan fingerprint density at radius 1 is 1.56 bits per heavy atom. The van der Waals surface area contributed by atoms with E-state index < -0.39 is 15.7 Å². The van der Waals surface area contributed by atoms with Gasteiger partial charge in [-0.05, 0) is 6.42 Å². The Labute approximate surface area is 98.9 Å². The first kappa shape index (κ1) is 13.4. The molecule has 0 aliphatic rings. The van der Waals surface area contributed by atoms with Crippen LogP contribution in [0.2, 0.25) is 0 Å². The van der Waals surface area contributed by atoms with Gasteiger partial charge in [0.1, 0.15) is 5.82 Å². The minimum absolute atomic E-state index is 0.0618. The monoisotopic (exact) mass is 268 g/mol. The van der Waals surface area contributed by atoms with Crippen LogP contribution < -0.4 is 0 Å². The van der Waals surface area contributed by atoms with Crippen molar-refractivity contribution in [3.63, 3.8) is 0 Å². The lowest BCUT2D eigenvalue weighted by atomic mass is 10.2. The van der Waals surface area contributed by atoms with E-state index in [1.54, 1.807) is 4.57 Å². The zero-order valence-electron chi connectivity index (χ0n) is 9.15. The second kappa shape index (κ2) is 5.14. The maximum atomic E-state index is 12.1. The van der Waals surface area contributed by atoms with Gasteiger partial charge in [-0.2, -0.15) is 0 Å². The second-order valence-corrected chi connectivity index (χ2v) is 6.28. The molecule has 0 aromatic carbocycles. The van der Waals surface area contributed by atoms with Crippen molar-refractivity contribution in [1.29, 1.82) is 0 Å². The van der Waals surface area contributed by atoms with Crippen LogP contribution in [0.3, 0.4) is 0 Å². The molecule has 1 aromatic heterocycles. The fourth-order valence-corrected chi connectivity index (χ4v) is 2.07. The summed E-state index contributed by atoms with van der Waals surface area (Å²) in [6.45, 7) is 3.74. The van der Waals surface area contributed by atoms with Gasteiger partial charge in [-0.15, -0.1) is 0 Å². The van der Waals surface area contributed by atoms with Crippen molar-refractivity contribution >= 4 is 19.7 Å². The quantitative estimate of drug-likeness (QED) is 0.770. The van der Waals surface area contributed by atoms with Crippen molar-refractivity contribution in [3.8, 4) is 0 Å². The van der Waals surface area contributed by atoms with Crippen LogP contribution >= 0.6 is 10.7 Å². The first-order valence-corrected chi connectivity index (χ1v) is 7.25. The summed E-state index contributed by atoms with van der Waals surface area (Å²) >= 11 is 0. The lowest BCUT2D eigenvalue weighted by molar-refractivity contribution is 0.440. The average Bonchev–Trinajstić information content (AvgIpc) is 2.57. The summed E-state index contributed by atoms with van der Waals surface area (Å²) in [5.74, 6) is 0.666. The van der Waals surface area contributed by atoms with E-state index in [1.165, 1.54) is 6.20 Å². The Morgan fingerprint density at radius 2 is 2.19 bits per heavy atom. The van der Waals surface area contributed by atoms with Crippen LogP contribution in [0.5, 0.6) is 0 Å². The molecule has 1 rings (SSSR count). The maximum Gasteiger partial charge on any atom is 0.280 e. The molecule has 1 heterocycles. The Hall–Kier alpha value is -0.620. The molecule has 0 aliphatic carbocycles. The van der Waals surface area contributed by atoms with Gasteiger partial charge < -0.3 is 4.57 Å². The van der Waals surface area contributed by atoms with Crippen molar-refractivity contribution in [2.75, 3.05) is 6.67 Å². The van der Waals surface area contributed by atoms with Crippen molar-refractivity contribution in [3.05, 3.63) is 12.0 Å². The number of hydrogen-bond donors (Lipinski definition) is 0. The predicted octanol–water partition coefficient (Wildman–Crippen LogP) is 2.29. The minimum Gasteiger partial charge on any atom is -0.333 e. The van der Waals surface area contributed by atoms with E-state index in [1.807, 2.05) is 13.8 Å². The summed E-state index contributed by atoms with van der Waals surface area (Å²) in [6.07, 6.45) is 1.69. The van der Waals surface area contributed by atoms with E-state index in [0.29, 0.717) is 18.8 Å². The van der Waals surface area contributed by atoms with Crippen LogP contribution in [-0.4, -0.2) is 24.6 Å². The molecule has 0 unspecified atom stereocenters. The Kier molecular flexibility index (Phi) is 4.32. The number of aryl methyl sites for hydroxylation is 1. The van der Waals surface area contributed by atoms with Crippen LogP contribution in [-0.2, 0) is 15.6 Å². The normalized spacial score (nSPS) is 12.3. The molecule has 0 amide bonds. The first-order valence-electron chi connectivity index (χ1n) is 4.94. The minimum atomic E-state index is -3.82. The van der Waals surface area contributed by atoms with E-state index in [2.05, 4.69) is 4.98 Å². The predicted molar refractivity (Wildman–Crippen MR) is 59.9 cm³/mol. The van der Waals surface area contributed by atoms with Crippen molar-refractivity contribution in [2.45, 2.75) is 37.8 Å². The standard InChI is InChI=1S/C9H14ClFN2O2S/c1-7(2)9-12-8(16(10,14)15)6-13(9)5-3-4-11/h6-7H,3-5H2,1-2H3. The topological polar surface area (TPSA) is 52.0 Å². The van der Waals surface area contributed by atoms with Crippen LogP contribution in [0.15, 0.2) is 11.2 Å². The molecular weight excluding hydrogens is 255 g/mol. The van der Waals surface area contributed by atoms with Crippen LogP contribution in [0.1, 0.15) is 32.0 Å². The van der Waals surface area contributed by atoms with Gasteiger partial charge in [0.15, 0.2) is 5.03 Å². The highest BCUT2D eigenvalue weighted by atomic mass is 35.7. The third-order valence-corrected chi connectivity index (χ3v) is 3.25. The van der Waals surface area contributed by atoms with Gasteiger partial charge in [0.2, 0.25) is 0 Å². The van der Waals surface area contributed by atoms with Gasteiger partial charge in [-0.1, -0.05) is 13.8 Å². The molecule has 4 nitrogen and oxygen atoms in total. The highest BCUT2D eigenvalue weighted by molar-refractivity contribution is 8.13. The van der Waals surface area contributed by atoms with Crippen LogP contribution in [0.25, 0.3) is 0 Å². The average molecular weight is 269 g/mol. The van der Waals surface area contributed by atoms with Crippen LogP contribution in [0.4, 0.5) is 4.39 Å². The van der Waals surface area contributed by atoms with Crippen LogP contribution in [0, 0.1) is 0 Å². The highest BCUT2D eigenvalue weighted by Crippen LogP contribution is 2.20. The summed E-state index contributed by atoms with van der Waals surface area (Å²) in [5.41, 5.74) is 0. The molecule has 0 aliphatic heterocycles. The van der Waals surface area contributed by atoms with E-state index >= 15 is 0 Å². The van der Waals surface area contributed by atoms with Crippen molar-refractivity contribution in [1.82, 2.24) is 9.55 Å². The Bertz CT molecular complexity index is 456. The van der Waals surface area contributed by atoms with E-state index in [9.17, 15) is 12.8 Å². The number of imidazole rings is 1. The van der Waals surface area contributed by atoms with Crippen molar-refractivity contribution < 1.29 is 12.8 Å².